The molecule has 15 heteroatoms. The second kappa shape index (κ2) is 14.5. The highest BCUT2D eigenvalue weighted by atomic mass is 35.5. The molecule has 0 aliphatic carbocycles. The molecule has 3 rings (SSSR count). The van der Waals surface area contributed by atoms with Gasteiger partial charge in [-0.1, -0.05) is 29.8 Å². The molecular weight excluding hydrogens is 637 g/mol. The van der Waals surface area contributed by atoms with Crippen molar-refractivity contribution < 1.29 is 40.7 Å². The number of benzene rings is 2. The third kappa shape index (κ3) is 9.60. The highest BCUT2D eigenvalue weighted by molar-refractivity contribution is 7.93. The van der Waals surface area contributed by atoms with E-state index in [0.29, 0.717) is 12.6 Å². The number of likely N-dealkylation sites (N-methyl/N-ethyl adjacent to an activating group) is 1. The van der Waals surface area contributed by atoms with Crippen molar-refractivity contribution in [1.82, 2.24) is 15.1 Å². The third-order valence-corrected chi connectivity index (χ3v) is 8.91. The van der Waals surface area contributed by atoms with Gasteiger partial charge in [-0.2, -0.15) is 13.2 Å². The summed E-state index contributed by atoms with van der Waals surface area (Å²) in [7, 11) is -4.64. The van der Waals surface area contributed by atoms with Crippen molar-refractivity contribution >= 4 is 45.2 Å². The van der Waals surface area contributed by atoms with E-state index in [1.165, 1.54) is 40.2 Å². The van der Waals surface area contributed by atoms with E-state index in [9.17, 15) is 36.0 Å². The molecule has 2 aromatic rings. The smallest absolute Gasteiger partial charge is 0.416 e. The van der Waals surface area contributed by atoms with Gasteiger partial charge in [0.25, 0.3) is 15.9 Å². The van der Waals surface area contributed by atoms with E-state index >= 15 is 0 Å². The summed E-state index contributed by atoms with van der Waals surface area (Å²) >= 11 is 6.28. The minimum atomic E-state index is -4.75. The standard InChI is InChI=1S/C30H36ClF3N4O6S/c1-5-36-18-14-35-27(40)21-11-12-24(31)25(19-21)45(42,43)38(23-10-8-9-22(20-23)30(32,33)34)16-7-6-15-37(17-13-26(36)39)28(41)44-29(2,3)4/h6-12,19-20H,5,13-18H2,1-4H3,(H,35,40)/b7-6-. The summed E-state index contributed by atoms with van der Waals surface area (Å²) in [6, 6.07) is 7.36. The van der Waals surface area contributed by atoms with E-state index in [4.69, 9.17) is 16.3 Å². The van der Waals surface area contributed by atoms with Gasteiger partial charge in [0.05, 0.1) is 22.8 Å². The molecule has 1 heterocycles. The lowest BCUT2D eigenvalue weighted by atomic mass is 10.2. The molecule has 0 unspecified atom stereocenters. The van der Waals surface area contributed by atoms with Gasteiger partial charge in [-0.3, -0.25) is 13.9 Å². The first kappa shape index (κ1) is 35.7. The first-order chi connectivity index (χ1) is 20.9. The Bertz CT molecular complexity index is 1540. The number of sulfonamides is 1. The van der Waals surface area contributed by atoms with Gasteiger partial charge in [-0.15, -0.1) is 0 Å². The van der Waals surface area contributed by atoms with Crippen LogP contribution in [0.3, 0.4) is 0 Å². The second-order valence-corrected chi connectivity index (χ2v) is 13.3. The SMILES string of the molecule is CCN1CCNC(=O)c2ccc(Cl)c(c2)S(=O)(=O)N(c2cccc(C(F)(F)F)c2)C/C=C\CN(C(=O)OC(C)(C)C)CCC1=O. The average molecular weight is 673 g/mol. The Morgan fingerprint density at radius 1 is 1.02 bits per heavy atom. The molecule has 10 nitrogen and oxygen atoms in total. The van der Waals surface area contributed by atoms with Crippen molar-refractivity contribution in [2.75, 3.05) is 43.6 Å². The summed E-state index contributed by atoms with van der Waals surface area (Å²) < 4.78 is 74.9. The monoisotopic (exact) mass is 672 g/mol. The molecule has 3 amide bonds. The Kier molecular flexibility index (Phi) is 11.5. The van der Waals surface area contributed by atoms with E-state index in [0.717, 1.165) is 22.5 Å². The summed E-state index contributed by atoms with van der Waals surface area (Å²) in [5.41, 5.74) is -2.27. The number of rotatable bonds is 2. The van der Waals surface area contributed by atoms with E-state index < -0.39 is 50.8 Å². The molecule has 1 N–H and O–H groups in total. The fraction of sp³-hybridized carbons (Fsp3) is 0.433. The van der Waals surface area contributed by atoms with Crippen LogP contribution in [0.2, 0.25) is 5.02 Å². The molecule has 0 spiro atoms. The lowest BCUT2D eigenvalue weighted by molar-refractivity contribution is -0.137. The maximum Gasteiger partial charge on any atom is 0.416 e. The van der Waals surface area contributed by atoms with Crippen LogP contribution in [-0.2, 0) is 25.7 Å². The van der Waals surface area contributed by atoms with Gasteiger partial charge in [-0.05, 0) is 64.1 Å². The Labute approximate surface area is 265 Å². The molecule has 0 saturated carbocycles. The molecule has 1 aliphatic heterocycles. The maximum absolute atomic E-state index is 14.0. The van der Waals surface area contributed by atoms with E-state index in [-0.39, 0.29) is 54.8 Å². The van der Waals surface area contributed by atoms with Crippen LogP contribution in [0.5, 0.6) is 0 Å². The zero-order valence-electron chi connectivity index (χ0n) is 25.4. The fourth-order valence-corrected chi connectivity index (χ4v) is 6.26. The van der Waals surface area contributed by atoms with Crippen LogP contribution in [-0.4, -0.2) is 81.0 Å². The van der Waals surface area contributed by atoms with Crippen molar-refractivity contribution in [3.05, 3.63) is 70.8 Å². The first-order valence-electron chi connectivity index (χ1n) is 14.1. The van der Waals surface area contributed by atoms with Crippen molar-refractivity contribution in [3.8, 4) is 0 Å². The lowest BCUT2D eigenvalue weighted by Gasteiger charge is -2.28. The molecule has 2 aromatic carbocycles. The van der Waals surface area contributed by atoms with Crippen LogP contribution in [0, 0.1) is 0 Å². The zero-order valence-corrected chi connectivity index (χ0v) is 26.9. The molecule has 0 atom stereocenters. The molecular formula is C30H36ClF3N4O6S. The van der Waals surface area contributed by atoms with Gasteiger partial charge >= 0.3 is 12.3 Å². The number of alkyl halides is 3. The molecule has 0 saturated heterocycles. The van der Waals surface area contributed by atoms with Crippen molar-refractivity contribution in [2.45, 2.75) is 50.8 Å². The molecule has 0 fully saturated rings. The fourth-order valence-electron chi connectivity index (χ4n) is 4.35. The van der Waals surface area contributed by atoms with Crippen molar-refractivity contribution in [3.63, 3.8) is 0 Å². The molecule has 45 heavy (non-hydrogen) atoms. The van der Waals surface area contributed by atoms with Crippen LogP contribution < -0.4 is 9.62 Å². The van der Waals surface area contributed by atoms with Gasteiger partial charge in [-0.25, -0.2) is 13.2 Å². The van der Waals surface area contributed by atoms with Gasteiger partial charge in [0.1, 0.15) is 10.5 Å². The number of carbonyl (C=O) groups excluding carboxylic acids is 3. The van der Waals surface area contributed by atoms with E-state index in [2.05, 4.69) is 5.32 Å². The van der Waals surface area contributed by atoms with Crippen LogP contribution in [0.4, 0.5) is 23.7 Å². The van der Waals surface area contributed by atoms with Crippen LogP contribution in [0.15, 0.2) is 59.5 Å². The number of anilines is 1. The Balaban J connectivity index is 2.11. The number of halogens is 4. The van der Waals surface area contributed by atoms with Crippen LogP contribution in [0.25, 0.3) is 0 Å². The zero-order chi connectivity index (χ0) is 33.6. The third-order valence-electron chi connectivity index (χ3n) is 6.64. The normalized spacial score (nSPS) is 18.1. The first-order valence-corrected chi connectivity index (χ1v) is 15.9. The number of hydrogen-bond donors (Lipinski definition) is 1. The summed E-state index contributed by atoms with van der Waals surface area (Å²) in [6.45, 7) is 6.77. The largest absolute Gasteiger partial charge is 0.444 e. The van der Waals surface area contributed by atoms with Gasteiger partial charge < -0.3 is 19.9 Å². The minimum Gasteiger partial charge on any atom is -0.444 e. The molecule has 2 bridgehead atoms. The molecule has 0 radical (unpaired) electrons. The summed E-state index contributed by atoms with van der Waals surface area (Å²) in [6.07, 6.45) is -2.70. The average Bonchev–Trinajstić information content (AvgIpc) is 2.94. The van der Waals surface area contributed by atoms with E-state index in [1.807, 2.05) is 0 Å². The predicted molar refractivity (Wildman–Crippen MR) is 164 cm³/mol. The number of ether oxygens (including phenoxy) is 1. The highest BCUT2D eigenvalue weighted by Crippen LogP contribution is 2.34. The number of nitrogens with zero attached hydrogens (tertiary/aromatic N) is 3. The molecule has 246 valence electrons. The highest BCUT2D eigenvalue weighted by Gasteiger charge is 2.33. The van der Waals surface area contributed by atoms with E-state index in [1.54, 1.807) is 27.7 Å². The number of amides is 3. The van der Waals surface area contributed by atoms with Crippen molar-refractivity contribution in [2.24, 2.45) is 0 Å². The van der Waals surface area contributed by atoms with Crippen molar-refractivity contribution in [1.29, 1.82) is 0 Å². The topological polar surface area (TPSA) is 116 Å². The minimum absolute atomic E-state index is 0.0310. The second-order valence-electron chi connectivity index (χ2n) is 11.1. The number of fused-ring (bicyclic) bond motifs is 2. The van der Waals surface area contributed by atoms with Gasteiger partial charge in [0.2, 0.25) is 5.91 Å². The lowest BCUT2D eigenvalue weighted by Crippen LogP contribution is -2.42. The van der Waals surface area contributed by atoms with Crippen LogP contribution in [0.1, 0.15) is 50.0 Å². The summed E-state index contributed by atoms with van der Waals surface area (Å²) in [5.74, 6) is -0.907. The summed E-state index contributed by atoms with van der Waals surface area (Å²) in [5, 5.41) is 2.39. The Hall–Kier alpha value is -3.78. The van der Waals surface area contributed by atoms with Crippen LogP contribution >= 0.6 is 11.6 Å². The molecule has 0 aromatic heterocycles. The number of nitrogens with one attached hydrogen (secondary N) is 1. The Morgan fingerprint density at radius 3 is 2.36 bits per heavy atom. The molecule has 1 aliphatic rings. The quantitative estimate of drug-likeness (QED) is 0.432. The Morgan fingerprint density at radius 2 is 1.71 bits per heavy atom. The number of hydrogen-bond acceptors (Lipinski definition) is 6. The summed E-state index contributed by atoms with van der Waals surface area (Å²) in [4.78, 5) is 41.2. The van der Waals surface area contributed by atoms with Gasteiger partial charge in [0.15, 0.2) is 0 Å². The van der Waals surface area contributed by atoms with Gasteiger partial charge in [0, 0.05) is 44.7 Å². The predicted octanol–water partition coefficient (Wildman–Crippen LogP) is 5.33. The number of carbonyl (C=O) groups is 3. The maximum atomic E-state index is 14.0.